The van der Waals surface area contributed by atoms with E-state index in [2.05, 4.69) is 0 Å². The van der Waals surface area contributed by atoms with Crippen molar-refractivity contribution in [1.29, 1.82) is 0 Å². The van der Waals surface area contributed by atoms with Crippen molar-refractivity contribution >= 4 is 5.78 Å². The Morgan fingerprint density at radius 1 is 1.39 bits per heavy atom. The molecule has 5 heteroatoms. The molecular weight excluding hydrogens is 245 g/mol. The number of alkyl halides is 3. The Hall–Kier alpha value is -1.36. The summed E-state index contributed by atoms with van der Waals surface area (Å²) < 4.78 is 37.4. The van der Waals surface area contributed by atoms with Crippen LogP contribution in [0.1, 0.15) is 24.0 Å². The van der Waals surface area contributed by atoms with E-state index in [9.17, 15) is 23.1 Å². The molecule has 0 heterocycles. The highest BCUT2D eigenvalue weighted by molar-refractivity contribution is 5.85. The smallest absolute Gasteiger partial charge is 0.385 e. The summed E-state index contributed by atoms with van der Waals surface area (Å²) in [6, 6.07) is 4.66. The Morgan fingerprint density at radius 2 is 2.06 bits per heavy atom. The predicted molar refractivity (Wildman–Crippen MR) is 58.9 cm³/mol. The van der Waals surface area contributed by atoms with Crippen molar-refractivity contribution in [2.45, 2.75) is 31.5 Å². The van der Waals surface area contributed by atoms with Crippen LogP contribution in [0.15, 0.2) is 24.3 Å². The molecule has 1 N–H and O–H groups in total. The molecule has 0 bridgehead atoms. The fraction of sp³-hybridized carbons (Fsp3) is 0.462. The van der Waals surface area contributed by atoms with Crippen molar-refractivity contribution in [3.05, 3.63) is 35.4 Å². The first kappa shape index (κ1) is 13.1. The van der Waals surface area contributed by atoms with Crippen LogP contribution in [0, 0.1) is 5.92 Å². The first-order chi connectivity index (χ1) is 8.38. The summed E-state index contributed by atoms with van der Waals surface area (Å²) in [6.07, 6.45) is -3.96. The van der Waals surface area contributed by atoms with Crippen molar-refractivity contribution in [2.75, 3.05) is 0 Å². The summed E-state index contributed by atoms with van der Waals surface area (Å²) in [4.78, 5) is 11.6. The zero-order chi connectivity index (χ0) is 13.3. The van der Waals surface area contributed by atoms with E-state index in [1.54, 1.807) is 0 Å². The number of halogens is 3. The van der Waals surface area contributed by atoms with Gasteiger partial charge in [0.2, 0.25) is 0 Å². The minimum atomic E-state index is -4.41. The maximum atomic E-state index is 12.5. The topological polar surface area (TPSA) is 37.3 Å². The van der Waals surface area contributed by atoms with Crippen LogP contribution in [0.5, 0.6) is 0 Å². The Labute approximate surface area is 102 Å². The van der Waals surface area contributed by atoms with Crippen molar-refractivity contribution in [1.82, 2.24) is 0 Å². The molecule has 0 aliphatic heterocycles. The molecule has 1 aromatic carbocycles. The van der Waals surface area contributed by atoms with Crippen LogP contribution < -0.4 is 0 Å². The van der Waals surface area contributed by atoms with Gasteiger partial charge in [-0.25, -0.2) is 0 Å². The number of ketones is 1. The number of carbonyl (C=O) groups excluding carboxylic acids is 1. The predicted octanol–water partition coefficient (Wildman–Crippen LogP) is 2.59. The number of aliphatic hydroxyl groups is 1. The summed E-state index contributed by atoms with van der Waals surface area (Å²) in [5.74, 6) is -0.403. The van der Waals surface area contributed by atoms with E-state index in [1.165, 1.54) is 12.1 Å². The van der Waals surface area contributed by atoms with Gasteiger partial charge in [0, 0.05) is 6.42 Å². The number of Topliss-reactive ketones (excluding diaryl/α,β-unsaturated/α-hetero) is 1. The van der Waals surface area contributed by atoms with Crippen molar-refractivity contribution in [2.24, 2.45) is 5.92 Å². The van der Waals surface area contributed by atoms with Gasteiger partial charge in [0.05, 0.1) is 5.56 Å². The van der Waals surface area contributed by atoms with Crippen molar-refractivity contribution < 1.29 is 23.1 Å². The molecular formula is C13H13F3O2. The second-order valence-corrected chi connectivity index (χ2v) is 4.62. The van der Waals surface area contributed by atoms with E-state index >= 15 is 0 Å². The molecule has 1 aliphatic rings. The maximum Gasteiger partial charge on any atom is 0.416 e. The highest BCUT2D eigenvalue weighted by atomic mass is 19.4. The fourth-order valence-electron chi connectivity index (χ4n) is 1.84. The van der Waals surface area contributed by atoms with Crippen LogP contribution in [0.25, 0.3) is 0 Å². The number of rotatable bonds is 4. The lowest BCUT2D eigenvalue weighted by Crippen LogP contribution is -2.24. The summed E-state index contributed by atoms with van der Waals surface area (Å²) >= 11 is 0. The summed E-state index contributed by atoms with van der Waals surface area (Å²) in [5, 5.41) is 9.58. The van der Waals surface area contributed by atoms with Crippen molar-refractivity contribution in [3.8, 4) is 0 Å². The molecule has 1 unspecified atom stereocenters. The average Bonchev–Trinajstić information content (AvgIpc) is 3.11. The zero-order valence-corrected chi connectivity index (χ0v) is 9.57. The van der Waals surface area contributed by atoms with Crippen molar-refractivity contribution in [3.63, 3.8) is 0 Å². The minimum Gasteiger partial charge on any atom is -0.385 e. The van der Waals surface area contributed by atoms with Gasteiger partial charge in [-0.05, 0) is 30.4 Å². The second kappa shape index (κ2) is 4.72. The lowest BCUT2D eigenvalue weighted by Gasteiger charge is -2.10. The number of hydrogen-bond donors (Lipinski definition) is 1. The molecule has 0 saturated heterocycles. The largest absolute Gasteiger partial charge is 0.416 e. The van der Waals surface area contributed by atoms with Gasteiger partial charge in [-0.1, -0.05) is 18.2 Å². The van der Waals surface area contributed by atoms with Gasteiger partial charge in [0.1, 0.15) is 6.10 Å². The van der Waals surface area contributed by atoms with Crippen LogP contribution in [0.3, 0.4) is 0 Å². The third-order valence-electron chi connectivity index (χ3n) is 3.03. The number of carbonyl (C=O) groups is 1. The van der Waals surface area contributed by atoms with Gasteiger partial charge in [-0.15, -0.1) is 0 Å². The Balaban J connectivity index is 2.07. The summed E-state index contributed by atoms with van der Waals surface area (Å²) in [5.41, 5.74) is -0.483. The van der Waals surface area contributed by atoms with E-state index < -0.39 is 23.6 Å². The van der Waals surface area contributed by atoms with Crippen LogP contribution in [0.4, 0.5) is 13.2 Å². The third-order valence-corrected chi connectivity index (χ3v) is 3.03. The van der Waals surface area contributed by atoms with Crippen LogP contribution in [-0.4, -0.2) is 17.0 Å². The third kappa shape index (κ3) is 3.10. The first-order valence-corrected chi connectivity index (χ1v) is 5.75. The van der Waals surface area contributed by atoms with Gasteiger partial charge >= 0.3 is 6.18 Å². The van der Waals surface area contributed by atoms with Gasteiger partial charge in [-0.3, -0.25) is 4.79 Å². The van der Waals surface area contributed by atoms with Gasteiger partial charge in [-0.2, -0.15) is 13.2 Å². The molecule has 2 nitrogen and oxygen atoms in total. The highest BCUT2D eigenvalue weighted by Gasteiger charge is 2.34. The van der Waals surface area contributed by atoms with Gasteiger partial charge in [0.15, 0.2) is 5.78 Å². The number of aliphatic hydroxyl groups excluding tert-OH is 1. The first-order valence-electron chi connectivity index (χ1n) is 5.75. The zero-order valence-electron chi connectivity index (χ0n) is 9.57. The molecule has 1 atom stereocenters. The SMILES string of the molecule is O=C(Cc1cccc(C(F)(F)F)c1)C(O)C1CC1. The quantitative estimate of drug-likeness (QED) is 0.901. The van der Waals surface area contributed by atoms with E-state index in [0.717, 1.165) is 25.0 Å². The fourth-order valence-corrected chi connectivity index (χ4v) is 1.84. The molecule has 1 saturated carbocycles. The molecule has 1 aliphatic carbocycles. The molecule has 0 amide bonds. The van der Waals surface area contributed by atoms with Gasteiger partial charge in [0.25, 0.3) is 0 Å². The summed E-state index contributed by atoms with van der Waals surface area (Å²) in [7, 11) is 0. The Morgan fingerprint density at radius 3 is 2.61 bits per heavy atom. The van der Waals surface area contributed by atoms with E-state index in [-0.39, 0.29) is 17.9 Å². The maximum absolute atomic E-state index is 12.5. The average molecular weight is 258 g/mol. The molecule has 0 spiro atoms. The molecule has 2 rings (SSSR count). The molecule has 0 aromatic heterocycles. The molecule has 1 aromatic rings. The number of hydrogen-bond acceptors (Lipinski definition) is 2. The van der Waals surface area contributed by atoms with E-state index in [0.29, 0.717) is 0 Å². The van der Waals surface area contributed by atoms with E-state index in [4.69, 9.17) is 0 Å². The Kier molecular flexibility index (Phi) is 3.43. The monoisotopic (exact) mass is 258 g/mol. The molecule has 0 radical (unpaired) electrons. The minimum absolute atomic E-state index is 0.00305. The summed E-state index contributed by atoms with van der Waals surface area (Å²) in [6.45, 7) is 0. The highest BCUT2D eigenvalue weighted by Crippen LogP contribution is 2.34. The van der Waals surface area contributed by atoms with Crippen LogP contribution >= 0.6 is 0 Å². The lowest BCUT2D eigenvalue weighted by molar-refractivity contribution is -0.137. The second-order valence-electron chi connectivity index (χ2n) is 4.62. The lowest BCUT2D eigenvalue weighted by atomic mass is 10.0. The Bertz CT molecular complexity index is 450. The molecule has 98 valence electrons. The van der Waals surface area contributed by atoms with Gasteiger partial charge < -0.3 is 5.11 Å². The standard InChI is InChI=1S/C13H13F3O2/c14-13(15,16)10-3-1-2-8(6-10)7-11(17)12(18)9-4-5-9/h1-3,6,9,12,18H,4-5,7H2. The van der Waals surface area contributed by atoms with Crippen LogP contribution in [0.2, 0.25) is 0 Å². The van der Waals surface area contributed by atoms with E-state index in [1.807, 2.05) is 0 Å². The molecule has 18 heavy (non-hydrogen) atoms. The number of benzene rings is 1. The molecule has 1 fully saturated rings. The normalized spacial score (nSPS) is 17.6. The van der Waals surface area contributed by atoms with Crippen LogP contribution in [-0.2, 0) is 17.4 Å².